The second-order valence-corrected chi connectivity index (χ2v) is 10.8. The predicted molar refractivity (Wildman–Crippen MR) is 174 cm³/mol. The van der Waals surface area contributed by atoms with E-state index >= 15 is 0 Å². The molecule has 40 heavy (non-hydrogen) atoms. The summed E-state index contributed by atoms with van der Waals surface area (Å²) in [5.41, 5.74) is 0. The normalized spacial score (nSPS) is 11.3. The van der Waals surface area contributed by atoms with Crippen molar-refractivity contribution in [1.82, 2.24) is 0 Å². The van der Waals surface area contributed by atoms with Crippen LogP contribution in [-0.4, -0.2) is 25.2 Å². The van der Waals surface area contributed by atoms with Crippen molar-refractivity contribution >= 4 is 11.9 Å². The maximum Gasteiger partial charge on any atom is 0.302 e. The van der Waals surface area contributed by atoms with E-state index in [1.165, 1.54) is 142 Å². The van der Waals surface area contributed by atoms with Crippen LogP contribution in [0.15, 0.2) is 36.5 Å². The number of ether oxygens (including phenoxy) is 2. The van der Waals surface area contributed by atoms with Gasteiger partial charge in [0.05, 0.1) is 6.61 Å². The monoisotopic (exact) mass is 562 g/mol. The Labute approximate surface area is 249 Å². The van der Waals surface area contributed by atoms with Gasteiger partial charge >= 0.3 is 11.9 Å². The Bertz CT molecular complexity index is 606. The van der Waals surface area contributed by atoms with E-state index in [2.05, 4.69) is 44.2 Å². The summed E-state index contributed by atoms with van der Waals surface area (Å²) in [6.45, 7) is 8.39. The van der Waals surface area contributed by atoms with Gasteiger partial charge in [0.25, 0.3) is 0 Å². The molecule has 0 fully saturated rings. The Morgan fingerprint density at radius 1 is 0.425 bits per heavy atom. The molecule has 0 aromatic heterocycles. The number of hydrogen-bond acceptors (Lipinski definition) is 4. The molecule has 4 heteroatoms. The zero-order valence-corrected chi connectivity index (χ0v) is 27.1. The van der Waals surface area contributed by atoms with E-state index in [4.69, 9.17) is 9.47 Å². The van der Waals surface area contributed by atoms with Crippen LogP contribution in [0.3, 0.4) is 0 Å². The van der Waals surface area contributed by atoms with Crippen molar-refractivity contribution in [3.05, 3.63) is 36.5 Å². The fourth-order valence-electron chi connectivity index (χ4n) is 4.16. The molecule has 0 heterocycles. The summed E-state index contributed by atoms with van der Waals surface area (Å²) in [7, 11) is 0. The highest BCUT2D eigenvalue weighted by atomic mass is 16.5. The first-order valence-corrected chi connectivity index (χ1v) is 16.8. The Kier molecular flexibility index (Phi) is 37.4. The zero-order chi connectivity index (χ0) is 29.8. The van der Waals surface area contributed by atoms with Crippen molar-refractivity contribution in [2.24, 2.45) is 0 Å². The average Bonchev–Trinajstić information content (AvgIpc) is 2.93. The van der Waals surface area contributed by atoms with Crippen LogP contribution < -0.4 is 0 Å². The lowest BCUT2D eigenvalue weighted by atomic mass is 10.1. The average molecular weight is 563 g/mol. The molecule has 0 aromatic rings. The van der Waals surface area contributed by atoms with E-state index in [0.717, 1.165) is 12.8 Å². The van der Waals surface area contributed by atoms with Crippen LogP contribution >= 0.6 is 0 Å². The summed E-state index contributed by atoms with van der Waals surface area (Å²) >= 11 is 0. The van der Waals surface area contributed by atoms with Crippen molar-refractivity contribution in [2.75, 3.05) is 13.2 Å². The maximum absolute atomic E-state index is 10.5. The van der Waals surface area contributed by atoms with E-state index in [0.29, 0.717) is 13.2 Å². The lowest BCUT2D eigenvalue weighted by molar-refractivity contribution is -0.141. The molecule has 0 aromatic carbocycles. The second kappa shape index (κ2) is 37.2. The van der Waals surface area contributed by atoms with Gasteiger partial charge in [-0.1, -0.05) is 134 Å². The summed E-state index contributed by atoms with van der Waals surface area (Å²) in [4.78, 5) is 21.1. The molecule has 0 saturated carbocycles. The number of hydrogen-bond donors (Lipinski definition) is 0. The van der Waals surface area contributed by atoms with Gasteiger partial charge in [-0.3, -0.25) is 9.59 Å². The van der Waals surface area contributed by atoms with Crippen LogP contribution in [0, 0.1) is 0 Å². The number of unbranched alkanes of at least 4 members (excludes halogenated alkanes) is 18. The highest BCUT2D eigenvalue weighted by Gasteiger charge is 1.94. The molecule has 234 valence electrons. The predicted octanol–water partition coefficient (Wildman–Crippen LogP) is 11.4. The lowest BCUT2D eigenvalue weighted by Crippen LogP contribution is -1.99. The summed E-state index contributed by atoms with van der Waals surface area (Å²) in [6.07, 6.45) is 41.5. The Balaban J connectivity index is 0. The molecular formula is C36H66O4. The highest BCUT2D eigenvalue weighted by molar-refractivity contribution is 5.66. The largest absolute Gasteiger partial charge is 0.466 e. The lowest BCUT2D eigenvalue weighted by Gasteiger charge is -2.02. The summed E-state index contributed by atoms with van der Waals surface area (Å²) in [5.74, 6) is -0.369. The minimum atomic E-state index is -0.207. The van der Waals surface area contributed by atoms with Crippen molar-refractivity contribution in [2.45, 2.75) is 169 Å². The summed E-state index contributed by atoms with van der Waals surface area (Å²) in [6, 6.07) is 0. The highest BCUT2D eigenvalue weighted by Crippen LogP contribution is 2.11. The number of rotatable bonds is 27. The van der Waals surface area contributed by atoms with Crippen LogP contribution in [0.1, 0.15) is 169 Å². The standard InChI is InChI=1S/C20H36O2.C16H30O2/c1-3-4-5-6-7-8-9-10-11-12-13-14-15-16-17-18-19-22-20(2)21;1-3-4-5-6-7-8-9-10-11-12-13-14-15-18-16(2)17/h6-7,17-18H,3-5,8-16,19H2,1-2H3;6-7H,3-5,8-15H2,1-2H3/b7-6-,18-17+;7-6-. The van der Waals surface area contributed by atoms with E-state index < -0.39 is 0 Å². The summed E-state index contributed by atoms with van der Waals surface area (Å²) < 4.78 is 9.72. The number of allylic oxidation sites excluding steroid dienone is 5. The SMILES string of the molecule is CCCC/C=C\CCCCCCCCC/C=C/COC(C)=O.CCCC/C=C\CCCCCCCCOC(C)=O. The third kappa shape index (κ3) is 43.2. The van der Waals surface area contributed by atoms with Crippen LogP contribution in [0.5, 0.6) is 0 Å². The molecule has 0 aliphatic rings. The third-order valence-electron chi connectivity index (χ3n) is 6.64. The summed E-state index contributed by atoms with van der Waals surface area (Å²) in [5, 5.41) is 0. The van der Waals surface area contributed by atoms with E-state index in [1.54, 1.807) is 0 Å². The minimum absolute atomic E-state index is 0.162. The molecule has 0 aliphatic carbocycles. The molecule has 0 aliphatic heterocycles. The molecule has 4 nitrogen and oxygen atoms in total. The molecule has 0 spiro atoms. The van der Waals surface area contributed by atoms with Gasteiger partial charge in [-0.15, -0.1) is 0 Å². The third-order valence-corrected chi connectivity index (χ3v) is 6.64. The van der Waals surface area contributed by atoms with E-state index in [1.807, 2.05) is 6.08 Å². The first kappa shape index (κ1) is 40.3. The Morgan fingerprint density at radius 2 is 0.750 bits per heavy atom. The van der Waals surface area contributed by atoms with Gasteiger partial charge < -0.3 is 9.47 Å². The smallest absolute Gasteiger partial charge is 0.302 e. The van der Waals surface area contributed by atoms with Gasteiger partial charge in [-0.2, -0.15) is 0 Å². The molecule has 0 rings (SSSR count). The van der Waals surface area contributed by atoms with Gasteiger partial charge in [0.15, 0.2) is 0 Å². The Hall–Kier alpha value is -1.84. The minimum Gasteiger partial charge on any atom is -0.466 e. The van der Waals surface area contributed by atoms with Gasteiger partial charge in [0, 0.05) is 13.8 Å². The molecule has 0 atom stereocenters. The molecule has 0 N–H and O–H groups in total. The maximum atomic E-state index is 10.5. The first-order valence-electron chi connectivity index (χ1n) is 16.8. The number of esters is 2. The zero-order valence-electron chi connectivity index (χ0n) is 27.1. The van der Waals surface area contributed by atoms with Crippen LogP contribution in [0.25, 0.3) is 0 Å². The molecular weight excluding hydrogens is 496 g/mol. The van der Waals surface area contributed by atoms with Gasteiger partial charge in [-0.25, -0.2) is 0 Å². The molecule has 0 saturated heterocycles. The Morgan fingerprint density at radius 3 is 1.12 bits per heavy atom. The van der Waals surface area contributed by atoms with Crippen molar-refractivity contribution in [3.63, 3.8) is 0 Å². The van der Waals surface area contributed by atoms with Crippen molar-refractivity contribution in [3.8, 4) is 0 Å². The fourth-order valence-corrected chi connectivity index (χ4v) is 4.16. The van der Waals surface area contributed by atoms with Gasteiger partial charge in [0.2, 0.25) is 0 Å². The molecule has 0 radical (unpaired) electrons. The molecule has 0 amide bonds. The van der Waals surface area contributed by atoms with Crippen LogP contribution in [0.2, 0.25) is 0 Å². The quantitative estimate of drug-likeness (QED) is 0.0567. The van der Waals surface area contributed by atoms with Crippen molar-refractivity contribution in [1.29, 1.82) is 0 Å². The molecule has 0 unspecified atom stereocenters. The number of carbonyl (C=O) groups is 2. The van der Waals surface area contributed by atoms with Crippen molar-refractivity contribution < 1.29 is 19.1 Å². The fraction of sp³-hybridized carbons (Fsp3) is 0.778. The molecule has 0 bridgehead atoms. The first-order chi connectivity index (χ1) is 19.5. The van der Waals surface area contributed by atoms with E-state index in [9.17, 15) is 9.59 Å². The van der Waals surface area contributed by atoms with Gasteiger partial charge in [-0.05, 0) is 57.8 Å². The van der Waals surface area contributed by atoms with Crippen LogP contribution in [-0.2, 0) is 19.1 Å². The topological polar surface area (TPSA) is 52.6 Å². The second-order valence-electron chi connectivity index (χ2n) is 10.8. The van der Waals surface area contributed by atoms with Crippen LogP contribution in [0.4, 0.5) is 0 Å². The number of carbonyl (C=O) groups excluding carboxylic acids is 2. The van der Waals surface area contributed by atoms with Gasteiger partial charge in [0.1, 0.15) is 6.61 Å². The van der Waals surface area contributed by atoms with E-state index in [-0.39, 0.29) is 11.9 Å².